The van der Waals surface area contributed by atoms with Gasteiger partial charge < -0.3 is 15.9 Å². The van der Waals surface area contributed by atoms with Crippen molar-refractivity contribution in [2.45, 2.75) is 19.1 Å². The lowest BCUT2D eigenvalue weighted by atomic mass is 9.82. The molecule has 0 saturated heterocycles. The molecule has 0 bridgehead atoms. The fourth-order valence-electron chi connectivity index (χ4n) is 3.08. The molecule has 0 heterocycles. The third-order valence-corrected chi connectivity index (χ3v) is 4.32. The molecule has 0 fully saturated rings. The van der Waals surface area contributed by atoms with Crippen molar-refractivity contribution in [1.82, 2.24) is 0 Å². The second kappa shape index (κ2) is 6.87. The molecule has 3 nitrogen and oxygen atoms in total. The van der Waals surface area contributed by atoms with Crippen molar-refractivity contribution in [2.24, 2.45) is 0 Å². The zero-order valence-electron chi connectivity index (χ0n) is 13.6. The first-order chi connectivity index (χ1) is 11.6. The first-order valence-corrected chi connectivity index (χ1v) is 7.94. The number of anilines is 1. The quantitative estimate of drug-likeness (QED) is 0.390. The van der Waals surface area contributed by atoms with E-state index in [9.17, 15) is 10.2 Å². The Balaban J connectivity index is 2.24. The van der Waals surface area contributed by atoms with E-state index < -0.39 is 6.29 Å². The molecule has 0 amide bonds. The van der Waals surface area contributed by atoms with Gasteiger partial charge in [-0.3, -0.25) is 0 Å². The molecular weight excluding hydrogens is 298 g/mol. The molecule has 0 radical (unpaired) electrons. The van der Waals surface area contributed by atoms with E-state index in [4.69, 9.17) is 5.73 Å². The maximum Gasteiger partial charge on any atom is 0.178 e. The van der Waals surface area contributed by atoms with E-state index >= 15 is 0 Å². The Kier molecular flexibility index (Phi) is 4.65. The van der Waals surface area contributed by atoms with Crippen LogP contribution in [0.25, 0.3) is 0 Å². The fourth-order valence-corrected chi connectivity index (χ4v) is 3.08. The van der Waals surface area contributed by atoms with E-state index in [0.29, 0.717) is 11.3 Å². The molecule has 0 saturated carbocycles. The minimum absolute atomic E-state index is 0.0650. The largest absolute Gasteiger partial charge is 0.398 e. The molecule has 0 aromatic heterocycles. The highest BCUT2D eigenvalue weighted by molar-refractivity contribution is 5.61. The summed E-state index contributed by atoms with van der Waals surface area (Å²) >= 11 is 0. The number of aliphatic hydroxyl groups excluding tert-OH is 1. The molecule has 3 heteroatoms. The van der Waals surface area contributed by atoms with Crippen LogP contribution in [0.1, 0.15) is 40.0 Å². The lowest BCUT2D eigenvalue weighted by Crippen LogP contribution is -2.10. The number of nitrogen functional groups attached to an aromatic ring is 1. The molecule has 3 rings (SSSR count). The smallest absolute Gasteiger partial charge is 0.178 e. The molecule has 3 aromatic carbocycles. The summed E-state index contributed by atoms with van der Waals surface area (Å²) in [5.41, 5.74) is 11.4. The summed E-state index contributed by atoms with van der Waals surface area (Å²) in [4.78, 5) is 0. The normalized spacial score (nSPS) is 11.2. The maximum atomic E-state index is 9.60. The van der Waals surface area contributed by atoms with Gasteiger partial charge in [0, 0.05) is 17.2 Å². The Labute approximate surface area is 142 Å². The summed E-state index contributed by atoms with van der Waals surface area (Å²) in [6.45, 7) is 1.89. The molecule has 0 aliphatic carbocycles. The topological polar surface area (TPSA) is 66.5 Å². The van der Waals surface area contributed by atoms with E-state index in [0.717, 1.165) is 22.3 Å². The van der Waals surface area contributed by atoms with E-state index in [1.54, 1.807) is 12.1 Å². The molecule has 3 aromatic rings. The Hall–Kier alpha value is -2.62. The first kappa shape index (κ1) is 16.2. The van der Waals surface area contributed by atoms with E-state index in [1.807, 2.05) is 43.3 Å². The molecule has 0 aliphatic rings. The van der Waals surface area contributed by atoms with Crippen molar-refractivity contribution in [1.29, 1.82) is 0 Å². The van der Waals surface area contributed by atoms with Crippen LogP contribution >= 0.6 is 0 Å². The van der Waals surface area contributed by atoms with Gasteiger partial charge in [-0.05, 0) is 41.3 Å². The van der Waals surface area contributed by atoms with Gasteiger partial charge in [0.15, 0.2) is 6.29 Å². The van der Waals surface area contributed by atoms with Crippen LogP contribution in [-0.2, 0) is 0 Å². The zero-order chi connectivity index (χ0) is 17.1. The highest BCUT2D eigenvalue weighted by Gasteiger charge is 2.21. The Morgan fingerprint density at radius 3 is 1.71 bits per heavy atom. The van der Waals surface area contributed by atoms with Crippen LogP contribution in [0.15, 0.2) is 72.8 Å². The fraction of sp³-hybridized carbons (Fsp3) is 0.143. The monoisotopic (exact) mass is 319 g/mol. The molecule has 0 unspecified atom stereocenters. The van der Waals surface area contributed by atoms with Crippen molar-refractivity contribution < 1.29 is 10.2 Å². The van der Waals surface area contributed by atoms with Crippen LogP contribution in [0.2, 0.25) is 0 Å². The number of aliphatic hydroxyl groups is 2. The molecule has 24 heavy (non-hydrogen) atoms. The average Bonchev–Trinajstić information content (AvgIpc) is 2.60. The zero-order valence-corrected chi connectivity index (χ0v) is 13.6. The summed E-state index contributed by atoms with van der Waals surface area (Å²) in [6, 6.07) is 23.7. The van der Waals surface area contributed by atoms with Crippen molar-refractivity contribution in [3.8, 4) is 0 Å². The van der Waals surface area contributed by atoms with Crippen molar-refractivity contribution in [3.05, 3.63) is 101 Å². The van der Waals surface area contributed by atoms with Gasteiger partial charge in [-0.1, -0.05) is 60.7 Å². The molecule has 0 spiro atoms. The van der Waals surface area contributed by atoms with Crippen LogP contribution in [-0.4, -0.2) is 10.2 Å². The SMILES string of the molecule is Cc1cc(C(O)O)cc(C(c2ccccc2)c2ccccc2)c1N. The van der Waals surface area contributed by atoms with E-state index in [2.05, 4.69) is 24.3 Å². The molecule has 4 N–H and O–H groups in total. The van der Waals surface area contributed by atoms with Gasteiger partial charge >= 0.3 is 0 Å². The Bertz CT molecular complexity index is 775. The Morgan fingerprint density at radius 2 is 1.25 bits per heavy atom. The second-order valence-electron chi connectivity index (χ2n) is 5.97. The van der Waals surface area contributed by atoms with Crippen molar-refractivity contribution in [2.75, 3.05) is 5.73 Å². The highest BCUT2D eigenvalue weighted by Crippen LogP contribution is 2.37. The molecular formula is C21H21NO2. The van der Waals surface area contributed by atoms with E-state index in [1.165, 1.54) is 0 Å². The van der Waals surface area contributed by atoms with E-state index in [-0.39, 0.29) is 5.92 Å². The van der Waals surface area contributed by atoms with Crippen LogP contribution in [0.3, 0.4) is 0 Å². The minimum Gasteiger partial charge on any atom is -0.398 e. The summed E-state index contributed by atoms with van der Waals surface area (Å²) in [7, 11) is 0. The number of rotatable bonds is 4. The summed E-state index contributed by atoms with van der Waals surface area (Å²) in [5.74, 6) is -0.0650. The number of benzene rings is 3. The molecule has 0 aliphatic heterocycles. The van der Waals surface area contributed by atoms with Gasteiger partial charge in [-0.25, -0.2) is 0 Å². The number of hydrogen-bond donors (Lipinski definition) is 3. The maximum absolute atomic E-state index is 9.60. The predicted octanol–water partition coefficient (Wildman–Crippen LogP) is 3.74. The number of hydrogen-bond acceptors (Lipinski definition) is 3. The predicted molar refractivity (Wildman–Crippen MR) is 96.6 cm³/mol. The third-order valence-electron chi connectivity index (χ3n) is 4.32. The van der Waals surface area contributed by atoms with Gasteiger partial charge in [0.2, 0.25) is 0 Å². The lowest BCUT2D eigenvalue weighted by molar-refractivity contribution is -0.0425. The average molecular weight is 319 g/mol. The first-order valence-electron chi connectivity index (χ1n) is 7.94. The van der Waals surface area contributed by atoms with Crippen LogP contribution in [0.5, 0.6) is 0 Å². The summed E-state index contributed by atoms with van der Waals surface area (Å²) < 4.78 is 0. The van der Waals surface area contributed by atoms with Gasteiger partial charge in [0.05, 0.1) is 0 Å². The number of nitrogens with two attached hydrogens (primary N) is 1. The molecule has 0 atom stereocenters. The van der Waals surface area contributed by atoms with Crippen molar-refractivity contribution >= 4 is 5.69 Å². The standard InChI is InChI=1S/C21H21NO2/c1-14-12-17(21(23)24)13-18(20(14)22)19(15-8-4-2-5-9-15)16-10-6-3-7-11-16/h2-13,19,21,23-24H,22H2,1H3. The van der Waals surface area contributed by atoms with Gasteiger partial charge in [-0.2, -0.15) is 0 Å². The summed E-state index contributed by atoms with van der Waals surface area (Å²) in [5, 5.41) is 19.2. The van der Waals surface area contributed by atoms with Crippen LogP contribution in [0.4, 0.5) is 5.69 Å². The highest BCUT2D eigenvalue weighted by atomic mass is 16.5. The molecule has 122 valence electrons. The summed E-state index contributed by atoms with van der Waals surface area (Å²) in [6.07, 6.45) is -1.52. The number of aryl methyl sites for hydroxylation is 1. The minimum atomic E-state index is -1.52. The van der Waals surface area contributed by atoms with Crippen LogP contribution < -0.4 is 5.73 Å². The second-order valence-corrected chi connectivity index (χ2v) is 5.97. The van der Waals surface area contributed by atoms with Crippen LogP contribution in [0, 0.1) is 6.92 Å². The Morgan fingerprint density at radius 1 is 0.750 bits per heavy atom. The van der Waals surface area contributed by atoms with Gasteiger partial charge in [0.1, 0.15) is 0 Å². The van der Waals surface area contributed by atoms with Gasteiger partial charge in [0.25, 0.3) is 0 Å². The lowest BCUT2D eigenvalue weighted by Gasteiger charge is -2.23. The van der Waals surface area contributed by atoms with Gasteiger partial charge in [-0.15, -0.1) is 0 Å². The van der Waals surface area contributed by atoms with Crippen molar-refractivity contribution in [3.63, 3.8) is 0 Å². The third kappa shape index (κ3) is 3.18.